The standard InChI is InChI=1S/C41H31N3/c42-41-37-21-11-13-23-39(37)44(34-18-8-3-9-19-34)40(41)27-33-28-43(38-22-12-10-20-36(33)38)35-25-31(29-14-4-1-5-15-29)24-32(26-35)30-16-6-2-7-17-30/h1-27H,28,42H2/b33-27+. The Kier molecular flexibility index (Phi) is 6.35. The van der Waals surface area contributed by atoms with E-state index in [0.29, 0.717) is 0 Å². The number of fused-ring (bicyclic) bond motifs is 2. The Labute approximate surface area is 257 Å². The molecule has 0 amide bonds. The number of rotatable bonds is 5. The van der Waals surface area contributed by atoms with Gasteiger partial charge in [-0.3, -0.25) is 0 Å². The van der Waals surface area contributed by atoms with Crippen LogP contribution < -0.4 is 10.6 Å². The molecule has 0 saturated heterocycles. The van der Waals surface area contributed by atoms with Crippen molar-refractivity contribution in [3.8, 4) is 27.9 Å². The summed E-state index contributed by atoms with van der Waals surface area (Å²) in [7, 11) is 0. The van der Waals surface area contributed by atoms with E-state index >= 15 is 0 Å². The van der Waals surface area contributed by atoms with Gasteiger partial charge in [0.1, 0.15) is 0 Å². The van der Waals surface area contributed by atoms with E-state index in [-0.39, 0.29) is 0 Å². The van der Waals surface area contributed by atoms with Crippen molar-refractivity contribution in [2.24, 2.45) is 0 Å². The molecule has 0 bridgehead atoms. The first kappa shape index (κ1) is 25.9. The molecule has 7 aromatic rings. The maximum Gasteiger partial charge on any atom is 0.0702 e. The molecule has 0 fully saturated rings. The molecule has 1 aromatic heterocycles. The highest BCUT2D eigenvalue weighted by Gasteiger charge is 2.26. The minimum atomic E-state index is 0.738. The number of benzene rings is 6. The molecule has 3 heteroatoms. The number of para-hydroxylation sites is 3. The van der Waals surface area contributed by atoms with Crippen LogP contribution >= 0.6 is 0 Å². The molecule has 2 N–H and O–H groups in total. The first-order chi connectivity index (χ1) is 21.7. The molecule has 8 rings (SSSR count). The van der Waals surface area contributed by atoms with Crippen molar-refractivity contribution < 1.29 is 0 Å². The smallest absolute Gasteiger partial charge is 0.0702 e. The number of anilines is 3. The van der Waals surface area contributed by atoms with E-state index in [9.17, 15) is 0 Å². The van der Waals surface area contributed by atoms with Crippen molar-refractivity contribution in [2.45, 2.75) is 0 Å². The Balaban J connectivity index is 1.30. The first-order valence-electron chi connectivity index (χ1n) is 15.0. The van der Waals surface area contributed by atoms with Gasteiger partial charge in [-0.05, 0) is 76.4 Å². The molecule has 0 atom stereocenters. The quantitative estimate of drug-likeness (QED) is 0.225. The lowest BCUT2D eigenvalue weighted by molar-refractivity contribution is 1.11. The third-order valence-electron chi connectivity index (χ3n) is 8.59. The van der Waals surface area contributed by atoms with Gasteiger partial charge in [0.2, 0.25) is 0 Å². The molecular formula is C41H31N3. The molecule has 0 unspecified atom stereocenters. The van der Waals surface area contributed by atoms with Crippen LogP contribution in [0.1, 0.15) is 11.3 Å². The van der Waals surface area contributed by atoms with Gasteiger partial charge in [0.25, 0.3) is 0 Å². The number of nitrogens with zero attached hydrogens (tertiary/aromatic N) is 2. The van der Waals surface area contributed by atoms with Crippen molar-refractivity contribution >= 4 is 39.6 Å². The fourth-order valence-electron chi connectivity index (χ4n) is 6.48. The van der Waals surface area contributed by atoms with E-state index < -0.39 is 0 Å². The van der Waals surface area contributed by atoms with Gasteiger partial charge in [-0.2, -0.15) is 0 Å². The summed E-state index contributed by atoms with van der Waals surface area (Å²) in [6, 6.07) is 55.8. The first-order valence-corrected chi connectivity index (χ1v) is 15.0. The summed E-state index contributed by atoms with van der Waals surface area (Å²) in [5, 5.41) is 1.06. The molecule has 44 heavy (non-hydrogen) atoms. The number of nitrogen functional groups attached to an aromatic ring is 1. The van der Waals surface area contributed by atoms with Crippen molar-refractivity contribution in [3.63, 3.8) is 0 Å². The molecule has 0 saturated carbocycles. The van der Waals surface area contributed by atoms with Crippen LogP contribution in [0.5, 0.6) is 0 Å². The number of nitrogens with two attached hydrogens (primary N) is 1. The van der Waals surface area contributed by atoms with Crippen LogP contribution in [-0.4, -0.2) is 11.1 Å². The summed E-state index contributed by atoms with van der Waals surface area (Å²) >= 11 is 0. The number of hydrogen-bond donors (Lipinski definition) is 1. The van der Waals surface area contributed by atoms with Crippen LogP contribution in [-0.2, 0) is 0 Å². The molecular weight excluding hydrogens is 534 g/mol. The second-order valence-electron chi connectivity index (χ2n) is 11.3. The molecule has 210 valence electrons. The number of aromatic nitrogens is 1. The molecule has 0 spiro atoms. The minimum absolute atomic E-state index is 0.738. The van der Waals surface area contributed by atoms with Crippen molar-refractivity contribution in [1.82, 2.24) is 4.57 Å². The van der Waals surface area contributed by atoms with E-state index in [4.69, 9.17) is 5.73 Å². The zero-order valence-corrected chi connectivity index (χ0v) is 24.3. The second-order valence-corrected chi connectivity index (χ2v) is 11.3. The Morgan fingerprint density at radius 2 is 1.09 bits per heavy atom. The lowest BCUT2D eigenvalue weighted by atomic mass is 9.97. The van der Waals surface area contributed by atoms with Gasteiger partial charge in [0.05, 0.1) is 16.9 Å². The van der Waals surface area contributed by atoms with Gasteiger partial charge in [0, 0.05) is 34.6 Å². The summed E-state index contributed by atoms with van der Waals surface area (Å²) < 4.78 is 2.28. The largest absolute Gasteiger partial charge is 0.396 e. The lowest BCUT2D eigenvalue weighted by Gasteiger charge is -2.22. The van der Waals surface area contributed by atoms with Crippen LogP contribution in [0, 0.1) is 0 Å². The summed E-state index contributed by atoms with van der Waals surface area (Å²) in [6.07, 6.45) is 2.29. The highest BCUT2D eigenvalue weighted by atomic mass is 15.2. The van der Waals surface area contributed by atoms with Crippen molar-refractivity contribution in [1.29, 1.82) is 0 Å². The fourth-order valence-corrected chi connectivity index (χ4v) is 6.48. The maximum atomic E-state index is 6.91. The molecule has 2 heterocycles. The molecule has 6 aromatic carbocycles. The minimum Gasteiger partial charge on any atom is -0.396 e. The lowest BCUT2D eigenvalue weighted by Crippen LogP contribution is -2.13. The van der Waals surface area contributed by atoms with Gasteiger partial charge in [-0.25, -0.2) is 0 Å². The Bertz CT molecular complexity index is 2080. The van der Waals surface area contributed by atoms with E-state index in [1.54, 1.807) is 0 Å². The van der Waals surface area contributed by atoms with Gasteiger partial charge >= 0.3 is 0 Å². The zero-order chi connectivity index (χ0) is 29.5. The van der Waals surface area contributed by atoms with Crippen LogP contribution in [0.2, 0.25) is 0 Å². The van der Waals surface area contributed by atoms with Gasteiger partial charge in [0.15, 0.2) is 0 Å². The highest BCUT2D eigenvalue weighted by molar-refractivity contribution is 6.04. The van der Waals surface area contributed by atoms with Crippen LogP contribution in [0.3, 0.4) is 0 Å². The van der Waals surface area contributed by atoms with Gasteiger partial charge in [-0.1, -0.05) is 115 Å². The average molecular weight is 566 g/mol. The third-order valence-corrected chi connectivity index (χ3v) is 8.59. The topological polar surface area (TPSA) is 34.2 Å². The normalized spacial score (nSPS) is 13.5. The fraction of sp³-hybridized carbons (Fsp3) is 0.0244. The molecule has 0 radical (unpaired) electrons. The van der Waals surface area contributed by atoms with E-state index in [0.717, 1.165) is 40.2 Å². The summed E-state index contributed by atoms with van der Waals surface area (Å²) in [5.41, 5.74) is 20.5. The van der Waals surface area contributed by atoms with Crippen molar-refractivity contribution in [3.05, 3.63) is 169 Å². The zero-order valence-electron chi connectivity index (χ0n) is 24.3. The van der Waals surface area contributed by atoms with Crippen LogP contribution in [0.25, 0.3) is 50.5 Å². The van der Waals surface area contributed by atoms with E-state index in [1.165, 1.54) is 39.1 Å². The molecule has 1 aliphatic heterocycles. The summed E-state index contributed by atoms with van der Waals surface area (Å²) in [5.74, 6) is 0. The van der Waals surface area contributed by atoms with Gasteiger partial charge in [-0.15, -0.1) is 0 Å². The molecule has 1 aliphatic rings. The van der Waals surface area contributed by atoms with Gasteiger partial charge < -0.3 is 15.2 Å². The Hall–Kier alpha value is -5.80. The molecule has 3 nitrogen and oxygen atoms in total. The Morgan fingerprint density at radius 1 is 0.523 bits per heavy atom. The predicted octanol–water partition coefficient (Wildman–Crippen LogP) is 10.2. The third kappa shape index (κ3) is 4.47. The van der Waals surface area contributed by atoms with E-state index in [2.05, 4.69) is 173 Å². The van der Waals surface area contributed by atoms with Crippen LogP contribution in [0.4, 0.5) is 17.1 Å². The monoisotopic (exact) mass is 565 g/mol. The second kappa shape index (κ2) is 10.8. The SMILES string of the molecule is Nc1c(/C=C2\CN(c3cc(-c4ccccc4)cc(-c4ccccc4)c3)c3ccccc32)n(-c2ccccc2)c2ccccc12. The maximum absolute atomic E-state index is 6.91. The van der Waals surface area contributed by atoms with Crippen LogP contribution in [0.15, 0.2) is 158 Å². The molecule has 0 aliphatic carbocycles. The summed E-state index contributed by atoms with van der Waals surface area (Å²) in [6.45, 7) is 0.738. The van der Waals surface area contributed by atoms with Crippen molar-refractivity contribution in [2.75, 3.05) is 17.2 Å². The highest BCUT2D eigenvalue weighted by Crippen LogP contribution is 2.44. The number of hydrogen-bond acceptors (Lipinski definition) is 2. The average Bonchev–Trinajstić information content (AvgIpc) is 3.60. The summed E-state index contributed by atoms with van der Waals surface area (Å²) in [4.78, 5) is 2.44. The Morgan fingerprint density at radius 3 is 1.77 bits per heavy atom. The van der Waals surface area contributed by atoms with E-state index in [1.807, 2.05) is 0 Å². The predicted molar refractivity (Wildman–Crippen MR) is 186 cm³/mol.